The molecule has 1 saturated carbocycles. The Morgan fingerprint density at radius 2 is 2.20 bits per heavy atom. The number of rotatable bonds is 5. The van der Waals surface area contributed by atoms with Gasteiger partial charge in [0.1, 0.15) is 5.75 Å². The summed E-state index contributed by atoms with van der Waals surface area (Å²) in [5.41, 5.74) is 0.951. The summed E-state index contributed by atoms with van der Waals surface area (Å²) in [5.74, 6) is 1.47. The van der Waals surface area contributed by atoms with E-state index in [1.807, 2.05) is 18.2 Å². The highest BCUT2D eigenvalue weighted by Crippen LogP contribution is 2.33. The smallest absolute Gasteiger partial charge is 0.138 e. The van der Waals surface area contributed by atoms with Gasteiger partial charge in [-0.05, 0) is 36.8 Å². The maximum Gasteiger partial charge on any atom is 0.138 e. The second kappa shape index (κ2) is 4.86. The molecule has 0 atom stereocenters. The van der Waals surface area contributed by atoms with Crippen LogP contribution in [0.4, 0.5) is 0 Å². The van der Waals surface area contributed by atoms with E-state index in [1.165, 1.54) is 12.8 Å². The Morgan fingerprint density at radius 1 is 1.40 bits per heavy atom. The third-order valence-corrected chi connectivity index (χ3v) is 3.02. The second-order valence-electron chi connectivity index (χ2n) is 3.96. The zero-order chi connectivity index (χ0) is 10.7. The lowest BCUT2D eigenvalue weighted by atomic mass is 10.1. The molecule has 0 saturated heterocycles. The van der Waals surface area contributed by atoms with Crippen molar-refractivity contribution in [2.75, 3.05) is 13.2 Å². The van der Waals surface area contributed by atoms with Crippen LogP contribution in [0.5, 0.6) is 5.75 Å². The van der Waals surface area contributed by atoms with Gasteiger partial charge in [-0.3, -0.25) is 0 Å². The minimum atomic E-state index is 0.117. The largest absolute Gasteiger partial charge is 0.492 e. The van der Waals surface area contributed by atoms with Crippen molar-refractivity contribution in [3.8, 4) is 5.75 Å². The van der Waals surface area contributed by atoms with Crippen LogP contribution in [-0.2, 0) is 6.42 Å². The Balaban J connectivity index is 2.04. The highest BCUT2D eigenvalue weighted by Gasteiger charge is 2.22. The molecule has 1 aromatic rings. The average Bonchev–Trinajstić information content (AvgIpc) is 3.03. The summed E-state index contributed by atoms with van der Waals surface area (Å²) in [7, 11) is 0. The van der Waals surface area contributed by atoms with Crippen LogP contribution in [0.2, 0.25) is 5.02 Å². The van der Waals surface area contributed by atoms with Gasteiger partial charge in [0.2, 0.25) is 0 Å². The first-order valence-electron chi connectivity index (χ1n) is 5.32. The maximum absolute atomic E-state index is 8.86. The molecule has 1 aromatic carbocycles. The van der Waals surface area contributed by atoms with Crippen LogP contribution in [0.1, 0.15) is 18.4 Å². The van der Waals surface area contributed by atoms with Crippen molar-refractivity contribution in [3.05, 3.63) is 28.8 Å². The number of aliphatic hydroxyl groups excluding tert-OH is 1. The van der Waals surface area contributed by atoms with Gasteiger partial charge in [0.25, 0.3) is 0 Å². The van der Waals surface area contributed by atoms with E-state index < -0.39 is 0 Å². The molecule has 1 aliphatic rings. The average molecular weight is 227 g/mol. The molecule has 2 nitrogen and oxygen atoms in total. The number of halogens is 1. The summed E-state index contributed by atoms with van der Waals surface area (Å²) in [6.45, 7) is 0.883. The molecule has 2 rings (SSSR count). The first kappa shape index (κ1) is 10.8. The van der Waals surface area contributed by atoms with Gasteiger partial charge >= 0.3 is 0 Å². The Kier molecular flexibility index (Phi) is 3.49. The van der Waals surface area contributed by atoms with E-state index in [-0.39, 0.29) is 6.61 Å². The first-order valence-corrected chi connectivity index (χ1v) is 5.70. The molecule has 82 valence electrons. The van der Waals surface area contributed by atoms with Crippen LogP contribution in [0.3, 0.4) is 0 Å². The molecule has 0 aromatic heterocycles. The summed E-state index contributed by atoms with van der Waals surface area (Å²) in [6.07, 6.45) is 3.13. The van der Waals surface area contributed by atoms with Gasteiger partial charge in [0.05, 0.1) is 11.6 Å². The molecule has 1 N–H and O–H groups in total. The van der Waals surface area contributed by atoms with Gasteiger partial charge in [-0.2, -0.15) is 0 Å². The van der Waals surface area contributed by atoms with Crippen LogP contribution in [-0.4, -0.2) is 18.3 Å². The number of ether oxygens (including phenoxy) is 1. The molecule has 0 aliphatic heterocycles. The van der Waals surface area contributed by atoms with E-state index in [1.54, 1.807) is 0 Å². The van der Waals surface area contributed by atoms with Gasteiger partial charge in [-0.1, -0.05) is 23.7 Å². The first-order chi connectivity index (χ1) is 7.31. The van der Waals surface area contributed by atoms with Crippen LogP contribution < -0.4 is 4.74 Å². The Bertz CT molecular complexity index is 334. The molecule has 0 bridgehead atoms. The van der Waals surface area contributed by atoms with Crippen LogP contribution >= 0.6 is 11.6 Å². The fraction of sp³-hybridized carbons (Fsp3) is 0.500. The maximum atomic E-state index is 8.86. The number of benzene rings is 1. The van der Waals surface area contributed by atoms with Crippen molar-refractivity contribution in [2.45, 2.75) is 19.3 Å². The van der Waals surface area contributed by atoms with Crippen molar-refractivity contribution in [3.63, 3.8) is 0 Å². The number of aliphatic hydroxyl groups is 1. The predicted octanol–water partition coefficient (Wildman–Crippen LogP) is 2.66. The number of hydrogen-bond donors (Lipinski definition) is 1. The SMILES string of the molecule is OCCc1cccc(OCC2CC2)c1Cl. The van der Waals surface area contributed by atoms with E-state index in [4.69, 9.17) is 21.4 Å². The Morgan fingerprint density at radius 3 is 2.87 bits per heavy atom. The van der Waals surface area contributed by atoms with Crippen molar-refractivity contribution in [1.82, 2.24) is 0 Å². The molecular formula is C12H15ClO2. The van der Waals surface area contributed by atoms with E-state index >= 15 is 0 Å². The van der Waals surface area contributed by atoms with E-state index in [9.17, 15) is 0 Å². The summed E-state index contributed by atoms with van der Waals surface area (Å²) in [4.78, 5) is 0. The molecule has 0 heterocycles. The van der Waals surface area contributed by atoms with Gasteiger partial charge in [-0.15, -0.1) is 0 Å². The molecule has 3 heteroatoms. The molecule has 0 unspecified atom stereocenters. The third-order valence-electron chi connectivity index (χ3n) is 2.60. The molecular weight excluding hydrogens is 212 g/mol. The van der Waals surface area contributed by atoms with Gasteiger partial charge < -0.3 is 9.84 Å². The third kappa shape index (κ3) is 2.86. The molecule has 0 radical (unpaired) electrons. The van der Waals surface area contributed by atoms with E-state index in [2.05, 4.69) is 0 Å². The van der Waals surface area contributed by atoms with Crippen molar-refractivity contribution in [2.24, 2.45) is 5.92 Å². The van der Waals surface area contributed by atoms with E-state index in [0.29, 0.717) is 11.4 Å². The van der Waals surface area contributed by atoms with Crippen LogP contribution in [0, 0.1) is 5.92 Å². The molecule has 1 aliphatic carbocycles. The lowest BCUT2D eigenvalue weighted by Crippen LogP contribution is -2.01. The second-order valence-corrected chi connectivity index (χ2v) is 4.34. The summed E-state index contributed by atoms with van der Waals surface area (Å²) in [6, 6.07) is 5.72. The Labute approximate surface area is 94.8 Å². The quantitative estimate of drug-likeness (QED) is 0.837. The lowest BCUT2D eigenvalue weighted by Gasteiger charge is -2.10. The van der Waals surface area contributed by atoms with Crippen molar-refractivity contribution < 1.29 is 9.84 Å². The van der Waals surface area contributed by atoms with Gasteiger partial charge in [-0.25, -0.2) is 0 Å². The van der Waals surface area contributed by atoms with Crippen molar-refractivity contribution in [1.29, 1.82) is 0 Å². The molecule has 1 fully saturated rings. The standard InChI is InChI=1S/C12H15ClO2/c13-12-10(6-7-14)2-1-3-11(12)15-8-9-4-5-9/h1-3,9,14H,4-8H2. The van der Waals surface area contributed by atoms with Crippen LogP contribution in [0.25, 0.3) is 0 Å². The highest BCUT2D eigenvalue weighted by atomic mass is 35.5. The summed E-state index contributed by atoms with van der Waals surface area (Å²) in [5, 5.41) is 9.51. The molecule has 0 amide bonds. The minimum Gasteiger partial charge on any atom is -0.492 e. The molecule has 15 heavy (non-hydrogen) atoms. The normalized spacial score (nSPS) is 15.3. The fourth-order valence-corrected chi connectivity index (χ4v) is 1.75. The zero-order valence-electron chi connectivity index (χ0n) is 8.58. The van der Waals surface area contributed by atoms with Crippen molar-refractivity contribution >= 4 is 11.6 Å². The van der Waals surface area contributed by atoms with Gasteiger partial charge in [0, 0.05) is 6.61 Å². The van der Waals surface area contributed by atoms with E-state index in [0.717, 1.165) is 23.8 Å². The monoisotopic (exact) mass is 226 g/mol. The zero-order valence-corrected chi connectivity index (χ0v) is 9.33. The Hall–Kier alpha value is -0.730. The minimum absolute atomic E-state index is 0.117. The topological polar surface area (TPSA) is 29.5 Å². The molecule has 0 spiro atoms. The van der Waals surface area contributed by atoms with Gasteiger partial charge in [0.15, 0.2) is 0 Å². The lowest BCUT2D eigenvalue weighted by molar-refractivity contribution is 0.294. The fourth-order valence-electron chi connectivity index (χ4n) is 1.47. The van der Waals surface area contributed by atoms with Crippen LogP contribution in [0.15, 0.2) is 18.2 Å². The number of hydrogen-bond acceptors (Lipinski definition) is 2. The predicted molar refractivity (Wildman–Crippen MR) is 60.5 cm³/mol. The summed E-state index contributed by atoms with van der Waals surface area (Å²) >= 11 is 6.16. The summed E-state index contributed by atoms with van der Waals surface area (Å²) < 4.78 is 5.63. The highest BCUT2D eigenvalue weighted by molar-refractivity contribution is 6.32.